The minimum absolute atomic E-state index is 0.0503. The van der Waals surface area contributed by atoms with Crippen LogP contribution in [-0.2, 0) is 14.3 Å². The van der Waals surface area contributed by atoms with Gasteiger partial charge in [-0.25, -0.2) is 0 Å². The van der Waals surface area contributed by atoms with Crippen LogP contribution in [0.2, 0.25) is 10.0 Å². The molecule has 0 saturated carbocycles. The fourth-order valence-electron chi connectivity index (χ4n) is 1.76. The Morgan fingerprint density at radius 1 is 1.26 bits per heavy atom. The van der Waals surface area contributed by atoms with Gasteiger partial charge in [-0.15, -0.1) is 0 Å². The van der Waals surface area contributed by atoms with Gasteiger partial charge in [0.2, 0.25) is 0 Å². The molecular weight excluding hydrogens is 359 g/mol. The molecular formula is C16H14Cl2O4S. The lowest BCUT2D eigenvalue weighted by atomic mass is 10.1. The van der Waals surface area contributed by atoms with E-state index < -0.39 is 10.1 Å². The summed E-state index contributed by atoms with van der Waals surface area (Å²) in [7, 11) is -2.67. The molecule has 2 aromatic rings. The van der Waals surface area contributed by atoms with Crippen molar-refractivity contribution < 1.29 is 18.7 Å². The first-order valence-electron chi connectivity index (χ1n) is 7.00. The Labute approximate surface area is 146 Å². The summed E-state index contributed by atoms with van der Waals surface area (Å²) in [6.45, 7) is 0.621. The summed E-state index contributed by atoms with van der Waals surface area (Å²) < 4.78 is 39.5. The third-order valence-corrected chi connectivity index (χ3v) is 4.84. The number of fused-ring (bicyclic) bond motifs is 1. The molecule has 23 heavy (non-hydrogen) atoms. The highest BCUT2D eigenvalue weighted by Gasteiger charge is 2.16. The van der Waals surface area contributed by atoms with Gasteiger partial charge in [0.25, 0.3) is 10.1 Å². The van der Waals surface area contributed by atoms with Crippen LogP contribution in [0.5, 0.6) is 5.75 Å². The monoisotopic (exact) mass is 373 g/mol. The summed E-state index contributed by atoms with van der Waals surface area (Å²) in [6.07, 6.45) is 3.85. The van der Waals surface area contributed by atoms with Crippen LogP contribution in [0.1, 0.15) is 6.93 Å². The van der Waals surface area contributed by atoms with Crippen LogP contribution in [-0.4, -0.2) is 22.1 Å². The largest absolute Gasteiger partial charge is 0.489 e. The maximum Gasteiger partial charge on any atom is 0.298 e. The van der Waals surface area contributed by atoms with E-state index in [0.717, 1.165) is 18.4 Å². The zero-order chi connectivity index (χ0) is 17.7. The van der Waals surface area contributed by atoms with Gasteiger partial charge in [-0.1, -0.05) is 47.5 Å². The first kappa shape index (κ1) is 16.3. The summed E-state index contributed by atoms with van der Waals surface area (Å²) in [4.78, 5) is -0.0823. The van der Waals surface area contributed by atoms with Crippen LogP contribution in [0.15, 0.2) is 53.4 Å². The second kappa shape index (κ2) is 7.84. The van der Waals surface area contributed by atoms with E-state index in [9.17, 15) is 8.42 Å². The maximum absolute atomic E-state index is 11.2. The number of rotatable bonds is 2. The Morgan fingerprint density at radius 3 is 2.70 bits per heavy atom. The quantitative estimate of drug-likeness (QED) is 0.731. The lowest BCUT2D eigenvalue weighted by Crippen LogP contribution is -2.03. The molecule has 0 atom stereocenters. The smallest absolute Gasteiger partial charge is 0.298 e. The molecule has 3 rings (SSSR count). The van der Waals surface area contributed by atoms with E-state index in [1.165, 1.54) is 18.2 Å². The fourth-order valence-corrected chi connectivity index (χ4v) is 3.17. The van der Waals surface area contributed by atoms with Crippen molar-refractivity contribution in [1.82, 2.24) is 0 Å². The normalized spacial score (nSPS) is 13.3. The minimum atomic E-state index is -3.74. The van der Waals surface area contributed by atoms with Gasteiger partial charge >= 0.3 is 0 Å². The molecule has 0 N–H and O–H groups in total. The van der Waals surface area contributed by atoms with Crippen molar-refractivity contribution in [1.29, 1.82) is 0 Å². The van der Waals surface area contributed by atoms with Gasteiger partial charge in [0.1, 0.15) is 17.3 Å². The Morgan fingerprint density at radius 2 is 2.04 bits per heavy atom. The van der Waals surface area contributed by atoms with Crippen LogP contribution in [0.3, 0.4) is 0 Å². The van der Waals surface area contributed by atoms with Crippen LogP contribution < -0.4 is 4.74 Å². The molecule has 0 spiro atoms. The molecule has 1 heterocycles. The van der Waals surface area contributed by atoms with Crippen molar-refractivity contribution >= 4 is 39.4 Å². The topological polar surface area (TPSA) is 52.6 Å². The van der Waals surface area contributed by atoms with Crippen LogP contribution in [0.25, 0.3) is 6.08 Å². The summed E-state index contributed by atoms with van der Waals surface area (Å²) in [5, 5.41) is 0.425. The summed E-state index contributed by atoms with van der Waals surface area (Å²) in [5.41, 5.74) is 0.888. The SMILES string of the molecule is COS(=O)(=O)c1ccc(Cl)cc1Cl.[2H]c1cccc2c1C=CCO2. The lowest BCUT2D eigenvalue weighted by Gasteiger charge is -2.10. The van der Waals surface area contributed by atoms with Gasteiger partial charge in [0.15, 0.2) is 0 Å². The third kappa shape index (κ3) is 4.72. The van der Waals surface area contributed by atoms with Gasteiger partial charge in [0.05, 0.1) is 13.5 Å². The fraction of sp³-hybridized carbons (Fsp3) is 0.125. The highest BCUT2D eigenvalue weighted by atomic mass is 35.5. The van der Waals surface area contributed by atoms with Crippen molar-refractivity contribution in [2.45, 2.75) is 4.90 Å². The molecule has 0 amide bonds. The molecule has 0 aromatic heterocycles. The lowest BCUT2D eigenvalue weighted by molar-refractivity contribution is 0.358. The molecule has 2 aromatic carbocycles. The molecule has 4 nitrogen and oxygen atoms in total. The van der Waals surface area contributed by atoms with E-state index in [0.29, 0.717) is 17.7 Å². The Bertz CT molecular complexity index is 866. The molecule has 0 aliphatic carbocycles. The van der Waals surface area contributed by atoms with Gasteiger partial charge in [-0.2, -0.15) is 8.42 Å². The van der Waals surface area contributed by atoms with Gasteiger partial charge in [-0.3, -0.25) is 4.18 Å². The summed E-state index contributed by atoms with van der Waals surface area (Å²) in [6, 6.07) is 10.1. The average molecular weight is 374 g/mol. The van der Waals surface area contributed by atoms with Crippen molar-refractivity contribution in [2.75, 3.05) is 13.7 Å². The molecule has 1 aliphatic heterocycles. The molecule has 0 saturated heterocycles. The van der Waals surface area contributed by atoms with E-state index >= 15 is 0 Å². The second-order valence-electron chi connectivity index (χ2n) is 4.36. The number of halogens is 2. The number of benzene rings is 2. The van der Waals surface area contributed by atoms with Crippen LogP contribution in [0, 0.1) is 0 Å². The summed E-state index contributed by atoms with van der Waals surface area (Å²) in [5.74, 6) is 0.819. The zero-order valence-corrected chi connectivity index (χ0v) is 14.5. The molecule has 0 radical (unpaired) electrons. The Balaban J connectivity index is 0.000000175. The predicted molar refractivity (Wildman–Crippen MR) is 91.6 cm³/mol. The van der Waals surface area contributed by atoms with Crippen molar-refractivity contribution in [2.24, 2.45) is 0 Å². The van der Waals surface area contributed by atoms with Crippen molar-refractivity contribution in [3.05, 3.63) is 64.1 Å². The molecule has 0 bridgehead atoms. The van der Waals surface area contributed by atoms with Crippen LogP contribution in [0.4, 0.5) is 0 Å². The van der Waals surface area contributed by atoms with E-state index in [4.69, 9.17) is 29.3 Å². The minimum Gasteiger partial charge on any atom is -0.489 e. The van der Waals surface area contributed by atoms with E-state index in [1.54, 1.807) is 6.07 Å². The molecule has 0 unspecified atom stereocenters. The van der Waals surface area contributed by atoms with Crippen LogP contribution >= 0.6 is 23.2 Å². The highest BCUT2D eigenvalue weighted by Crippen LogP contribution is 2.25. The zero-order valence-electron chi connectivity index (χ0n) is 13.1. The molecule has 122 valence electrons. The third-order valence-electron chi connectivity index (χ3n) is 2.85. The van der Waals surface area contributed by atoms with Gasteiger partial charge < -0.3 is 4.74 Å². The summed E-state index contributed by atoms with van der Waals surface area (Å²) >= 11 is 11.2. The number of hydrogen-bond acceptors (Lipinski definition) is 4. The number of hydrogen-bond donors (Lipinski definition) is 0. The van der Waals surface area contributed by atoms with E-state index in [-0.39, 0.29) is 9.92 Å². The predicted octanol–water partition coefficient (Wildman–Crippen LogP) is 4.42. The standard InChI is InChI=1S/C9H8O.C7H6Cl2O3S/c1-2-6-9-8(4-1)5-3-7-10-9;1-12-13(10,11)7-3-2-5(8)4-6(7)9/h1-6H,7H2;2-4H,1H3/i4D;. The van der Waals surface area contributed by atoms with E-state index in [2.05, 4.69) is 4.18 Å². The average Bonchev–Trinajstić information content (AvgIpc) is 2.56. The first-order chi connectivity index (χ1) is 11.3. The Kier molecular flexibility index (Phi) is 5.56. The highest BCUT2D eigenvalue weighted by molar-refractivity contribution is 7.86. The van der Waals surface area contributed by atoms with Gasteiger partial charge in [-0.05, 0) is 30.3 Å². The number of para-hydroxylation sites is 1. The van der Waals surface area contributed by atoms with Crippen molar-refractivity contribution in [3.8, 4) is 5.75 Å². The Hall–Kier alpha value is -1.53. The van der Waals surface area contributed by atoms with Crippen molar-refractivity contribution in [3.63, 3.8) is 0 Å². The van der Waals surface area contributed by atoms with Gasteiger partial charge in [0, 0.05) is 10.6 Å². The molecule has 1 aliphatic rings. The first-order valence-corrected chi connectivity index (χ1v) is 8.66. The maximum atomic E-state index is 11.2. The van der Waals surface area contributed by atoms with E-state index in [1.807, 2.05) is 24.3 Å². The second-order valence-corrected chi connectivity index (χ2v) is 6.88. The molecule has 0 fully saturated rings. The molecule has 7 heteroatoms. The number of ether oxygens (including phenoxy) is 1.